The van der Waals surface area contributed by atoms with Crippen molar-refractivity contribution in [3.63, 3.8) is 0 Å². The van der Waals surface area contributed by atoms with Crippen LogP contribution in [0.5, 0.6) is 6.01 Å². The molecule has 0 fully saturated rings. The van der Waals surface area contributed by atoms with E-state index < -0.39 is 10.0 Å². The minimum absolute atomic E-state index is 0.00265. The highest BCUT2D eigenvalue weighted by molar-refractivity contribution is 7.92. The summed E-state index contributed by atoms with van der Waals surface area (Å²) in [4.78, 5) is 3.72. The number of nitrogens with one attached hydrogen (secondary N) is 3. The third-order valence-electron chi connectivity index (χ3n) is 1.66. The molecule has 2 aromatic heterocycles. The molecule has 2 heterocycles. The van der Waals surface area contributed by atoms with E-state index in [0.29, 0.717) is 0 Å². The van der Waals surface area contributed by atoms with E-state index >= 15 is 0 Å². The summed E-state index contributed by atoms with van der Waals surface area (Å²) in [6.45, 7) is 0. The molecular weight excluding hydrogens is 236 g/mol. The zero-order valence-corrected chi connectivity index (χ0v) is 8.95. The van der Waals surface area contributed by atoms with E-state index in [1.807, 2.05) is 0 Å². The number of nitrogens with zero attached hydrogens (tertiary/aromatic N) is 3. The maximum atomic E-state index is 11.7. The van der Waals surface area contributed by atoms with Gasteiger partial charge < -0.3 is 4.74 Å². The SMILES string of the molecule is COc1n[nH]c(NS(=O)(=O)c2cn[nH]c2)n1. The third-order valence-corrected chi connectivity index (χ3v) is 2.97. The van der Waals surface area contributed by atoms with Gasteiger partial charge in [0, 0.05) is 6.20 Å². The number of rotatable bonds is 4. The molecular formula is C6H8N6O3S. The van der Waals surface area contributed by atoms with Crippen LogP contribution in [0.3, 0.4) is 0 Å². The van der Waals surface area contributed by atoms with Crippen molar-refractivity contribution in [1.29, 1.82) is 0 Å². The molecule has 0 bridgehead atoms. The number of H-pyrrole nitrogens is 2. The molecule has 3 N–H and O–H groups in total. The van der Waals surface area contributed by atoms with Gasteiger partial charge in [0.25, 0.3) is 10.0 Å². The lowest BCUT2D eigenvalue weighted by molar-refractivity contribution is 0.382. The highest BCUT2D eigenvalue weighted by Crippen LogP contribution is 2.12. The van der Waals surface area contributed by atoms with E-state index in [9.17, 15) is 8.42 Å². The Hall–Kier alpha value is -2.10. The summed E-state index contributed by atoms with van der Waals surface area (Å²) in [5, 5.41) is 11.9. The Kier molecular flexibility index (Phi) is 2.48. The fourth-order valence-electron chi connectivity index (χ4n) is 0.956. The first kappa shape index (κ1) is 10.4. The van der Waals surface area contributed by atoms with Crippen LogP contribution in [0.1, 0.15) is 0 Å². The van der Waals surface area contributed by atoms with Gasteiger partial charge in [0.05, 0.1) is 13.3 Å². The lowest BCUT2D eigenvalue weighted by atomic mass is 10.7. The number of hydrogen-bond acceptors (Lipinski definition) is 6. The summed E-state index contributed by atoms with van der Waals surface area (Å²) in [7, 11) is -2.33. The average molecular weight is 244 g/mol. The second-order valence-electron chi connectivity index (χ2n) is 2.71. The normalized spacial score (nSPS) is 11.3. The molecule has 0 saturated heterocycles. The molecule has 0 spiro atoms. The van der Waals surface area contributed by atoms with E-state index in [1.165, 1.54) is 19.5 Å². The number of aromatic nitrogens is 5. The number of hydrogen-bond donors (Lipinski definition) is 3. The smallest absolute Gasteiger partial charge is 0.336 e. The van der Waals surface area contributed by atoms with E-state index in [1.54, 1.807) is 0 Å². The van der Waals surface area contributed by atoms with Crippen molar-refractivity contribution in [2.45, 2.75) is 4.90 Å². The molecule has 0 atom stereocenters. The predicted octanol–water partition coefficient (Wildman–Crippen LogP) is -0.663. The topological polar surface area (TPSA) is 126 Å². The van der Waals surface area contributed by atoms with E-state index in [0.717, 1.165) is 0 Å². The van der Waals surface area contributed by atoms with Crippen molar-refractivity contribution < 1.29 is 13.2 Å². The average Bonchev–Trinajstić information content (AvgIpc) is 2.86. The van der Waals surface area contributed by atoms with Crippen LogP contribution in [0.4, 0.5) is 5.95 Å². The second kappa shape index (κ2) is 3.81. The lowest BCUT2D eigenvalue weighted by Crippen LogP contribution is -2.13. The molecule has 86 valence electrons. The summed E-state index contributed by atoms with van der Waals surface area (Å²) in [6.07, 6.45) is 2.42. The van der Waals surface area contributed by atoms with Crippen molar-refractivity contribution in [2.24, 2.45) is 0 Å². The molecule has 9 nitrogen and oxygen atoms in total. The van der Waals surface area contributed by atoms with Crippen LogP contribution in [0.2, 0.25) is 0 Å². The Morgan fingerprint density at radius 1 is 1.50 bits per heavy atom. The van der Waals surface area contributed by atoms with E-state index in [-0.39, 0.29) is 16.9 Å². The molecule has 0 aliphatic carbocycles. The minimum Gasteiger partial charge on any atom is -0.466 e. The van der Waals surface area contributed by atoms with E-state index in [4.69, 9.17) is 4.74 Å². The van der Waals surface area contributed by atoms with Crippen molar-refractivity contribution in [3.05, 3.63) is 12.4 Å². The van der Waals surface area contributed by atoms with Crippen LogP contribution in [-0.2, 0) is 10.0 Å². The zero-order valence-electron chi connectivity index (χ0n) is 8.13. The fraction of sp³-hybridized carbons (Fsp3) is 0.167. The number of ether oxygens (including phenoxy) is 1. The summed E-state index contributed by atoms with van der Waals surface area (Å²) >= 11 is 0. The molecule has 10 heteroatoms. The van der Waals surface area contributed by atoms with Gasteiger partial charge in [-0.25, -0.2) is 18.2 Å². The number of sulfonamides is 1. The first-order valence-electron chi connectivity index (χ1n) is 4.10. The van der Waals surface area contributed by atoms with Gasteiger partial charge in [-0.3, -0.25) is 5.10 Å². The first-order chi connectivity index (χ1) is 7.62. The molecule has 0 saturated carbocycles. The number of methoxy groups -OCH3 is 1. The van der Waals surface area contributed by atoms with Gasteiger partial charge in [-0.2, -0.15) is 10.1 Å². The van der Waals surface area contributed by atoms with Crippen LogP contribution in [0.25, 0.3) is 0 Å². The minimum atomic E-state index is -3.70. The highest BCUT2D eigenvalue weighted by Gasteiger charge is 2.17. The first-order valence-corrected chi connectivity index (χ1v) is 5.58. The second-order valence-corrected chi connectivity index (χ2v) is 4.39. The summed E-state index contributed by atoms with van der Waals surface area (Å²) in [6, 6.07) is 0.0462. The van der Waals surface area contributed by atoms with Gasteiger partial charge in [-0.15, -0.1) is 5.10 Å². The van der Waals surface area contributed by atoms with Gasteiger partial charge in [0.1, 0.15) is 4.90 Å². The van der Waals surface area contributed by atoms with Crippen LogP contribution >= 0.6 is 0 Å². The van der Waals surface area contributed by atoms with E-state index in [2.05, 4.69) is 30.1 Å². The van der Waals surface area contributed by atoms with Gasteiger partial charge in [-0.05, 0) is 0 Å². The van der Waals surface area contributed by atoms with Crippen molar-refractivity contribution in [3.8, 4) is 6.01 Å². The lowest BCUT2D eigenvalue weighted by Gasteiger charge is -2.00. The van der Waals surface area contributed by atoms with Crippen molar-refractivity contribution >= 4 is 16.0 Å². The summed E-state index contributed by atoms with van der Waals surface area (Å²) in [5.41, 5.74) is 0. The Labute approximate surface area is 90.3 Å². The molecule has 0 radical (unpaired) electrons. The largest absolute Gasteiger partial charge is 0.466 e. The third kappa shape index (κ3) is 1.95. The highest BCUT2D eigenvalue weighted by atomic mass is 32.2. The zero-order chi connectivity index (χ0) is 11.6. The van der Waals surface area contributed by atoms with Crippen LogP contribution in [0, 0.1) is 0 Å². The molecule has 2 aromatic rings. The summed E-state index contributed by atoms with van der Waals surface area (Å²) in [5.74, 6) is -0.0296. The summed E-state index contributed by atoms with van der Waals surface area (Å²) < 4.78 is 30.2. The van der Waals surface area contributed by atoms with Gasteiger partial charge >= 0.3 is 6.01 Å². The van der Waals surface area contributed by atoms with Crippen LogP contribution in [-0.4, -0.2) is 40.9 Å². The Morgan fingerprint density at radius 3 is 2.88 bits per heavy atom. The maximum Gasteiger partial charge on any atom is 0.336 e. The van der Waals surface area contributed by atoms with Crippen LogP contribution < -0.4 is 9.46 Å². The molecule has 0 amide bonds. The molecule has 0 unspecified atom stereocenters. The quantitative estimate of drug-likeness (QED) is 0.655. The Bertz CT molecular complexity index is 559. The van der Waals surface area contributed by atoms with Crippen molar-refractivity contribution in [1.82, 2.24) is 25.4 Å². The monoisotopic (exact) mass is 244 g/mol. The molecule has 2 rings (SSSR count). The standard InChI is InChI=1S/C6H8N6O3S/c1-15-6-9-5(10-11-6)12-16(13,14)4-2-7-8-3-4/h2-3H,1H3,(H,7,8)(H2,9,10,11,12). The fourth-order valence-corrected chi connectivity index (χ4v) is 1.82. The van der Waals surface area contributed by atoms with Gasteiger partial charge in [-0.1, -0.05) is 0 Å². The predicted molar refractivity (Wildman–Crippen MR) is 52.3 cm³/mol. The Morgan fingerprint density at radius 2 is 2.31 bits per heavy atom. The Balaban J connectivity index is 2.21. The molecule has 0 aliphatic rings. The van der Waals surface area contributed by atoms with Crippen molar-refractivity contribution in [2.75, 3.05) is 11.8 Å². The number of anilines is 1. The maximum absolute atomic E-state index is 11.7. The molecule has 16 heavy (non-hydrogen) atoms. The van der Waals surface area contributed by atoms with Crippen LogP contribution in [0.15, 0.2) is 17.3 Å². The van der Waals surface area contributed by atoms with Gasteiger partial charge in [0.15, 0.2) is 0 Å². The van der Waals surface area contributed by atoms with Gasteiger partial charge in [0.2, 0.25) is 5.95 Å². The molecule has 0 aliphatic heterocycles. The number of aromatic amines is 2. The molecule has 0 aromatic carbocycles.